The van der Waals surface area contributed by atoms with Gasteiger partial charge in [-0.25, -0.2) is 9.59 Å². The third-order valence-corrected chi connectivity index (χ3v) is 8.60. The fraction of sp³-hybridized carbons (Fsp3) is 0.515. The Hall–Kier alpha value is -4.04. The molecular formula is C33H40N2O11. The molecule has 46 heavy (non-hydrogen) atoms. The summed E-state index contributed by atoms with van der Waals surface area (Å²) in [6.45, 7) is 4.71. The molecular weight excluding hydrogens is 600 g/mol. The topological polar surface area (TPSA) is 150 Å². The molecule has 4 aliphatic rings. The minimum atomic E-state index is -1.11. The lowest BCUT2D eigenvalue weighted by Gasteiger charge is -2.42. The molecule has 1 N–H and O–H groups in total. The van der Waals surface area contributed by atoms with Crippen molar-refractivity contribution in [3.05, 3.63) is 71.8 Å². The van der Waals surface area contributed by atoms with Gasteiger partial charge in [-0.3, -0.25) is 9.59 Å². The third kappa shape index (κ3) is 7.84. The van der Waals surface area contributed by atoms with Gasteiger partial charge >= 0.3 is 18.2 Å². The summed E-state index contributed by atoms with van der Waals surface area (Å²) < 4.78 is 33.0. The van der Waals surface area contributed by atoms with Crippen molar-refractivity contribution >= 4 is 23.9 Å². The van der Waals surface area contributed by atoms with Gasteiger partial charge in [0, 0.05) is 39.0 Å². The SMILES string of the molecule is CC(=O)C1CN(C(=O)OCc2ccccc2)CCC12OCCO2.O=C(O)C1CN(C(=O)OCc2ccccc2)CCC12OCCO2. The van der Waals surface area contributed by atoms with E-state index in [1.807, 2.05) is 60.7 Å². The number of aliphatic carboxylic acids is 1. The van der Waals surface area contributed by atoms with E-state index >= 15 is 0 Å². The molecule has 0 radical (unpaired) electrons. The summed E-state index contributed by atoms with van der Waals surface area (Å²) in [6, 6.07) is 18.8. The van der Waals surface area contributed by atoms with Gasteiger partial charge in [0.2, 0.25) is 0 Å². The van der Waals surface area contributed by atoms with Crippen molar-refractivity contribution in [3.63, 3.8) is 0 Å². The van der Waals surface area contributed by atoms with Crippen LogP contribution in [0.5, 0.6) is 0 Å². The van der Waals surface area contributed by atoms with E-state index in [-0.39, 0.29) is 32.1 Å². The Labute approximate surface area is 267 Å². The molecule has 2 amide bonds. The summed E-state index contributed by atoms with van der Waals surface area (Å²) in [5.74, 6) is -4.42. The van der Waals surface area contributed by atoms with Gasteiger partial charge in [0.05, 0.1) is 32.3 Å². The number of nitrogens with zero attached hydrogens (tertiary/aromatic N) is 2. The molecule has 2 atom stereocenters. The van der Waals surface area contributed by atoms with Gasteiger partial charge in [0.15, 0.2) is 11.6 Å². The molecule has 0 aromatic heterocycles. The van der Waals surface area contributed by atoms with E-state index in [0.717, 1.165) is 11.1 Å². The molecule has 6 rings (SSSR count). The van der Waals surface area contributed by atoms with Crippen molar-refractivity contribution in [2.24, 2.45) is 11.8 Å². The number of carboxylic acids is 1. The Bertz CT molecular complexity index is 1240. The minimum Gasteiger partial charge on any atom is -0.481 e. The second-order valence-corrected chi connectivity index (χ2v) is 11.5. The largest absolute Gasteiger partial charge is 0.481 e. The highest BCUT2D eigenvalue weighted by atomic mass is 16.7. The number of piperidine rings is 2. The maximum absolute atomic E-state index is 12.3. The van der Waals surface area contributed by atoms with Gasteiger partial charge in [-0.15, -0.1) is 0 Å². The van der Waals surface area contributed by atoms with E-state index in [4.69, 9.17) is 28.4 Å². The van der Waals surface area contributed by atoms with Crippen LogP contribution in [0.25, 0.3) is 0 Å². The Morgan fingerprint density at radius 3 is 1.48 bits per heavy atom. The minimum absolute atomic E-state index is 0.0168. The maximum Gasteiger partial charge on any atom is 0.410 e. The number of Topliss-reactive ketones (excluding diaryl/α,β-unsaturated/α-hetero) is 1. The van der Waals surface area contributed by atoms with Gasteiger partial charge in [-0.2, -0.15) is 0 Å². The van der Waals surface area contributed by atoms with Gasteiger partial charge in [0.25, 0.3) is 0 Å². The second kappa shape index (κ2) is 15.0. The highest BCUT2D eigenvalue weighted by molar-refractivity contribution is 5.81. The third-order valence-electron chi connectivity index (χ3n) is 8.60. The molecule has 248 valence electrons. The fourth-order valence-corrected chi connectivity index (χ4v) is 6.12. The van der Waals surface area contributed by atoms with Crippen LogP contribution in [-0.2, 0) is 51.2 Å². The summed E-state index contributed by atoms with van der Waals surface area (Å²) in [7, 11) is 0. The number of ether oxygens (including phenoxy) is 6. The van der Waals surface area contributed by atoms with Crippen LogP contribution >= 0.6 is 0 Å². The quantitative estimate of drug-likeness (QED) is 0.495. The zero-order valence-electron chi connectivity index (χ0n) is 25.8. The molecule has 4 heterocycles. The molecule has 13 heteroatoms. The molecule has 2 spiro atoms. The number of carboxylic acid groups (broad SMARTS) is 1. The standard InChI is InChI=1S/C17H21NO5.C16H19NO6/c1-13(19)15-11-18(8-7-17(15)22-9-10-23-17)16(20)21-12-14-5-3-2-4-6-14;18-14(19)13-10-17(7-6-16(13)22-8-9-23-16)15(20)21-11-12-4-2-1-3-5-12/h2-6,15H,7-12H2,1H3;1-5,13H,6-11H2,(H,18,19). The van der Waals surface area contributed by atoms with Gasteiger partial charge in [0.1, 0.15) is 24.9 Å². The summed E-state index contributed by atoms with van der Waals surface area (Å²) >= 11 is 0. The van der Waals surface area contributed by atoms with E-state index in [1.54, 1.807) is 4.90 Å². The fourth-order valence-electron chi connectivity index (χ4n) is 6.12. The number of hydrogen-bond acceptors (Lipinski definition) is 10. The number of rotatable bonds is 6. The highest BCUT2D eigenvalue weighted by Gasteiger charge is 2.53. The Morgan fingerprint density at radius 1 is 0.696 bits per heavy atom. The van der Waals surface area contributed by atoms with Crippen molar-refractivity contribution in [3.8, 4) is 0 Å². The average Bonchev–Trinajstić information content (AvgIpc) is 3.74. The van der Waals surface area contributed by atoms with Crippen molar-refractivity contribution in [1.82, 2.24) is 9.80 Å². The van der Waals surface area contributed by atoms with Crippen LogP contribution in [0.2, 0.25) is 0 Å². The summed E-state index contributed by atoms with van der Waals surface area (Å²) in [5, 5.41) is 9.43. The second-order valence-electron chi connectivity index (χ2n) is 11.5. The van der Waals surface area contributed by atoms with Crippen molar-refractivity contribution in [1.29, 1.82) is 0 Å². The molecule has 4 aliphatic heterocycles. The maximum atomic E-state index is 12.3. The van der Waals surface area contributed by atoms with Crippen molar-refractivity contribution < 1.29 is 52.7 Å². The normalized spacial score (nSPS) is 23.0. The monoisotopic (exact) mass is 640 g/mol. The molecule has 0 saturated carbocycles. The van der Waals surface area contributed by atoms with E-state index in [9.17, 15) is 24.3 Å². The smallest absolute Gasteiger partial charge is 0.410 e. The number of amides is 2. The first-order chi connectivity index (χ1) is 22.2. The Kier molecular flexibility index (Phi) is 10.9. The Morgan fingerprint density at radius 2 is 1.09 bits per heavy atom. The van der Waals surface area contributed by atoms with Gasteiger partial charge in [-0.05, 0) is 18.1 Å². The number of benzene rings is 2. The van der Waals surface area contributed by atoms with Crippen LogP contribution in [0.4, 0.5) is 9.59 Å². The number of likely N-dealkylation sites (tertiary alicyclic amines) is 2. The van der Waals surface area contributed by atoms with E-state index in [1.165, 1.54) is 11.8 Å². The van der Waals surface area contributed by atoms with Crippen molar-refractivity contribution in [2.45, 2.75) is 44.6 Å². The predicted molar refractivity (Wildman–Crippen MR) is 160 cm³/mol. The first-order valence-corrected chi connectivity index (χ1v) is 15.4. The molecule has 2 aromatic carbocycles. The number of hydrogen-bond donors (Lipinski definition) is 1. The zero-order valence-corrected chi connectivity index (χ0v) is 25.8. The molecule has 4 fully saturated rings. The first kappa shape index (κ1) is 33.3. The number of ketones is 1. The summed E-state index contributed by atoms with van der Waals surface area (Å²) in [5.41, 5.74) is 1.81. The average molecular weight is 641 g/mol. The lowest BCUT2D eigenvalue weighted by atomic mass is 9.88. The molecule has 2 unspecified atom stereocenters. The lowest BCUT2D eigenvalue weighted by molar-refractivity contribution is -0.224. The summed E-state index contributed by atoms with van der Waals surface area (Å²) in [6.07, 6.45) is -0.122. The number of carbonyl (C=O) groups is 4. The van der Waals surface area contributed by atoms with Gasteiger partial charge in [-0.1, -0.05) is 60.7 Å². The van der Waals surface area contributed by atoms with E-state index < -0.39 is 41.6 Å². The molecule has 4 saturated heterocycles. The Balaban J connectivity index is 0.000000181. The van der Waals surface area contributed by atoms with E-state index in [0.29, 0.717) is 52.4 Å². The van der Waals surface area contributed by atoms with E-state index in [2.05, 4.69) is 0 Å². The molecule has 2 aromatic rings. The first-order valence-electron chi connectivity index (χ1n) is 15.4. The highest BCUT2D eigenvalue weighted by Crippen LogP contribution is 2.38. The van der Waals surface area contributed by atoms with Crippen LogP contribution in [0.3, 0.4) is 0 Å². The van der Waals surface area contributed by atoms with Crippen molar-refractivity contribution in [2.75, 3.05) is 52.6 Å². The van der Waals surface area contributed by atoms with Crippen LogP contribution in [0.15, 0.2) is 60.7 Å². The van der Waals surface area contributed by atoms with Gasteiger partial charge < -0.3 is 43.3 Å². The van der Waals surface area contributed by atoms with Crippen LogP contribution in [-0.4, -0.2) is 103 Å². The van der Waals surface area contributed by atoms with Crippen LogP contribution in [0.1, 0.15) is 30.9 Å². The molecule has 0 aliphatic carbocycles. The number of carbonyl (C=O) groups excluding carboxylic acids is 3. The summed E-state index contributed by atoms with van der Waals surface area (Å²) in [4.78, 5) is 50.9. The molecule has 13 nitrogen and oxygen atoms in total. The van der Waals surface area contributed by atoms with Crippen LogP contribution in [0, 0.1) is 11.8 Å². The lowest BCUT2D eigenvalue weighted by Crippen LogP contribution is -2.56. The zero-order chi connectivity index (χ0) is 32.6. The predicted octanol–water partition coefficient (Wildman–Crippen LogP) is 3.45. The van der Waals surface area contributed by atoms with Crippen LogP contribution < -0.4 is 0 Å². The molecule has 0 bridgehead atoms.